The Balaban J connectivity index is 1.94. The van der Waals surface area contributed by atoms with E-state index in [2.05, 4.69) is 5.32 Å². The summed E-state index contributed by atoms with van der Waals surface area (Å²) in [4.78, 5) is 12.4. The average molecular weight is 320 g/mol. The van der Waals surface area contributed by atoms with E-state index in [-0.39, 0.29) is 24.0 Å². The van der Waals surface area contributed by atoms with Gasteiger partial charge >= 0.3 is 0 Å². The molecule has 1 amide bonds. The van der Waals surface area contributed by atoms with Crippen molar-refractivity contribution in [1.82, 2.24) is 5.32 Å². The van der Waals surface area contributed by atoms with Crippen LogP contribution in [0.25, 0.3) is 0 Å². The van der Waals surface area contributed by atoms with Gasteiger partial charge in [-0.25, -0.2) is 0 Å². The van der Waals surface area contributed by atoms with Crippen molar-refractivity contribution in [2.45, 2.75) is 51.8 Å². The van der Waals surface area contributed by atoms with Crippen molar-refractivity contribution in [1.29, 1.82) is 0 Å². The maximum Gasteiger partial charge on any atom is 0.237 e. The van der Waals surface area contributed by atoms with E-state index >= 15 is 0 Å². The summed E-state index contributed by atoms with van der Waals surface area (Å²) in [5.41, 5.74) is 7.13. The molecule has 0 radical (unpaired) electrons. The molecule has 1 fully saturated rings. The summed E-state index contributed by atoms with van der Waals surface area (Å²) < 4.78 is 11.0. The van der Waals surface area contributed by atoms with Gasteiger partial charge in [-0.2, -0.15) is 0 Å². The number of hydrogen-bond donors (Lipinski definition) is 2. The first-order valence-electron chi connectivity index (χ1n) is 8.37. The zero-order chi connectivity index (χ0) is 16.8. The predicted molar refractivity (Wildman–Crippen MR) is 90.3 cm³/mol. The Morgan fingerprint density at radius 1 is 1.30 bits per heavy atom. The minimum atomic E-state index is -0.476. The van der Waals surface area contributed by atoms with E-state index in [1.807, 2.05) is 45.0 Å². The first kappa shape index (κ1) is 17.8. The van der Waals surface area contributed by atoms with Crippen molar-refractivity contribution in [2.24, 2.45) is 11.7 Å². The number of hydrogen-bond acceptors (Lipinski definition) is 4. The molecule has 0 spiro atoms. The fraction of sp³-hybridized carbons (Fsp3) is 0.611. The van der Waals surface area contributed by atoms with E-state index in [0.29, 0.717) is 13.2 Å². The van der Waals surface area contributed by atoms with Crippen molar-refractivity contribution in [3.8, 4) is 5.75 Å². The van der Waals surface area contributed by atoms with E-state index in [0.717, 1.165) is 24.2 Å². The zero-order valence-electron chi connectivity index (χ0n) is 14.2. The van der Waals surface area contributed by atoms with Gasteiger partial charge in [-0.15, -0.1) is 0 Å². The van der Waals surface area contributed by atoms with Crippen LogP contribution >= 0.6 is 0 Å². The predicted octanol–water partition coefficient (Wildman–Crippen LogP) is 2.40. The van der Waals surface area contributed by atoms with Gasteiger partial charge in [0.2, 0.25) is 5.91 Å². The molecule has 1 saturated heterocycles. The van der Waals surface area contributed by atoms with Crippen LogP contribution in [0.4, 0.5) is 0 Å². The standard InChI is InChI=1S/C18H28N2O3/c1-12(2)23-16-6-4-5-15(11-16)13(3)20-18(21)17(19)14-7-9-22-10-8-14/h4-6,11-14,17H,7-10,19H2,1-3H3,(H,20,21). The molecule has 23 heavy (non-hydrogen) atoms. The van der Waals surface area contributed by atoms with Crippen LogP contribution in [0.5, 0.6) is 5.75 Å². The monoisotopic (exact) mass is 320 g/mol. The van der Waals surface area contributed by atoms with Crippen molar-refractivity contribution in [2.75, 3.05) is 13.2 Å². The van der Waals surface area contributed by atoms with Crippen LogP contribution in [0, 0.1) is 5.92 Å². The van der Waals surface area contributed by atoms with Crippen molar-refractivity contribution >= 4 is 5.91 Å². The fourth-order valence-electron chi connectivity index (χ4n) is 2.81. The van der Waals surface area contributed by atoms with E-state index < -0.39 is 6.04 Å². The second-order valence-electron chi connectivity index (χ2n) is 6.44. The van der Waals surface area contributed by atoms with Gasteiger partial charge in [-0.3, -0.25) is 4.79 Å². The molecule has 2 rings (SSSR count). The molecule has 1 aliphatic rings. The van der Waals surface area contributed by atoms with Gasteiger partial charge < -0.3 is 20.5 Å². The van der Waals surface area contributed by atoms with Crippen LogP contribution in [0.15, 0.2) is 24.3 Å². The Hall–Kier alpha value is -1.59. The third-order valence-electron chi connectivity index (χ3n) is 4.17. The van der Waals surface area contributed by atoms with Gasteiger partial charge in [0, 0.05) is 13.2 Å². The Bertz CT molecular complexity index is 513. The Kier molecular flexibility index (Phi) is 6.42. The summed E-state index contributed by atoms with van der Waals surface area (Å²) in [7, 11) is 0. The average Bonchev–Trinajstić information content (AvgIpc) is 2.54. The number of nitrogens with two attached hydrogens (primary N) is 1. The molecule has 0 aromatic heterocycles. The second-order valence-corrected chi connectivity index (χ2v) is 6.44. The molecule has 128 valence electrons. The highest BCUT2D eigenvalue weighted by atomic mass is 16.5. The normalized spacial score (nSPS) is 18.5. The molecule has 2 unspecified atom stereocenters. The molecule has 5 heteroatoms. The SMILES string of the molecule is CC(C)Oc1cccc(C(C)NC(=O)C(N)C2CCOCC2)c1. The molecule has 1 heterocycles. The molecule has 0 bridgehead atoms. The van der Waals surface area contributed by atoms with Gasteiger partial charge in [-0.1, -0.05) is 12.1 Å². The third-order valence-corrected chi connectivity index (χ3v) is 4.17. The summed E-state index contributed by atoms with van der Waals surface area (Å²) in [6.07, 6.45) is 1.82. The minimum Gasteiger partial charge on any atom is -0.491 e. The van der Waals surface area contributed by atoms with E-state index in [9.17, 15) is 4.79 Å². The highest BCUT2D eigenvalue weighted by molar-refractivity contribution is 5.82. The van der Waals surface area contributed by atoms with Crippen LogP contribution in [-0.2, 0) is 9.53 Å². The van der Waals surface area contributed by atoms with Crippen molar-refractivity contribution in [3.63, 3.8) is 0 Å². The summed E-state index contributed by atoms with van der Waals surface area (Å²) in [5.74, 6) is 0.915. The van der Waals surface area contributed by atoms with Crippen LogP contribution in [0.3, 0.4) is 0 Å². The molecule has 1 aliphatic heterocycles. The maximum absolute atomic E-state index is 12.4. The van der Waals surface area contributed by atoms with E-state index in [4.69, 9.17) is 15.2 Å². The molecule has 2 atom stereocenters. The maximum atomic E-state index is 12.4. The largest absolute Gasteiger partial charge is 0.491 e. The molecular formula is C18H28N2O3. The number of carbonyl (C=O) groups excluding carboxylic acids is 1. The van der Waals surface area contributed by atoms with Crippen LogP contribution < -0.4 is 15.8 Å². The van der Waals surface area contributed by atoms with Gasteiger partial charge in [0.25, 0.3) is 0 Å². The zero-order valence-corrected chi connectivity index (χ0v) is 14.2. The number of benzene rings is 1. The first-order chi connectivity index (χ1) is 11.0. The molecule has 1 aromatic rings. The van der Waals surface area contributed by atoms with Gasteiger partial charge in [0.1, 0.15) is 5.75 Å². The Labute approximate surface area is 138 Å². The smallest absolute Gasteiger partial charge is 0.237 e. The number of amides is 1. The second kappa shape index (κ2) is 8.31. The van der Waals surface area contributed by atoms with Gasteiger partial charge in [0.15, 0.2) is 0 Å². The molecule has 0 aliphatic carbocycles. The summed E-state index contributed by atoms with van der Waals surface area (Å²) in [5, 5.41) is 3.01. The summed E-state index contributed by atoms with van der Waals surface area (Å²) in [6.45, 7) is 7.32. The summed E-state index contributed by atoms with van der Waals surface area (Å²) >= 11 is 0. The molecule has 1 aromatic carbocycles. The van der Waals surface area contributed by atoms with Crippen molar-refractivity contribution in [3.05, 3.63) is 29.8 Å². The minimum absolute atomic E-state index is 0.0976. The van der Waals surface area contributed by atoms with E-state index in [1.54, 1.807) is 0 Å². The molecular weight excluding hydrogens is 292 g/mol. The number of carbonyl (C=O) groups is 1. The van der Waals surface area contributed by atoms with E-state index in [1.165, 1.54) is 0 Å². The lowest BCUT2D eigenvalue weighted by Crippen LogP contribution is -2.47. The Morgan fingerprint density at radius 2 is 2.00 bits per heavy atom. The lowest BCUT2D eigenvalue weighted by atomic mass is 9.91. The van der Waals surface area contributed by atoms with Gasteiger partial charge in [-0.05, 0) is 57.2 Å². The van der Waals surface area contributed by atoms with Crippen LogP contribution in [0.1, 0.15) is 45.2 Å². The highest BCUT2D eigenvalue weighted by Crippen LogP contribution is 2.22. The number of ether oxygens (including phenoxy) is 2. The molecule has 5 nitrogen and oxygen atoms in total. The topological polar surface area (TPSA) is 73.6 Å². The number of nitrogens with one attached hydrogen (secondary N) is 1. The molecule has 3 N–H and O–H groups in total. The van der Waals surface area contributed by atoms with Gasteiger partial charge in [0.05, 0.1) is 18.2 Å². The quantitative estimate of drug-likeness (QED) is 0.844. The van der Waals surface area contributed by atoms with Crippen LogP contribution in [-0.4, -0.2) is 31.3 Å². The fourth-order valence-corrected chi connectivity index (χ4v) is 2.81. The van der Waals surface area contributed by atoms with Crippen LogP contribution in [0.2, 0.25) is 0 Å². The lowest BCUT2D eigenvalue weighted by molar-refractivity contribution is -0.125. The summed E-state index contributed by atoms with van der Waals surface area (Å²) in [6, 6.07) is 7.23. The Morgan fingerprint density at radius 3 is 2.65 bits per heavy atom. The third kappa shape index (κ3) is 5.22. The van der Waals surface area contributed by atoms with Crippen molar-refractivity contribution < 1.29 is 14.3 Å². The lowest BCUT2D eigenvalue weighted by Gasteiger charge is -2.28. The highest BCUT2D eigenvalue weighted by Gasteiger charge is 2.27. The first-order valence-corrected chi connectivity index (χ1v) is 8.37. The number of rotatable bonds is 6. The molecule has 0 saturated carbocycles.